The van der Waals surface area contributed by atoms with E-state index in [-0.39, 0.29) is 35.6 Å². The molecule has 6 rings (SSSR count). The summed E-state index contributed by atoms with van der Waals surface area (Å²) in [7, 11) is 0. The molecule has 5 heteroatoms. The smallest absolute Gasteiger partial charge is 0.147 e. The second-order valence-electron chi connectivity index (χ2n) is 14.5. The largest absolute Gasteiger partial charge is 0.147 e. The van der Waals surface area contributed by atoms with Gasteiger partial charge in [-0.15, -0.1) is 24.8 Å². The maximum Gasteiger partial charge on any atom is -0.147 e. The fourth-order valence-electron chi connectivity index (χ4n) is 6.80. The van der Waals surface area contributed by atoms with Gasteiger partial charge in [0.2, 0.25) is 0 Å². The van der Waals surface area contributed by atoms with Gasteiger partial charge >= 0.3 is 291 Å². The van der Waals surface area contributed by atoms with Crippen LogP contribution < -0.4 is 0 Å². The molecule has 0 heterocycles. The van der Waals surface area contributed by atoms with Crippen LogP contribution in [0.25, 0.3) is 11.1 Å². The van der Waals surface area contributed by atoms with Gasteiger partial charge in [-0.25, -0.2) is 0 Å². The molecule has 4 aromatic carbocycles. The number of allylic oxidation sites excluding steroid dienone is 4. The predicted octanol–water partition coefficient (Wildman–Crippen LogP) is 12.8. The first kappa shape index (κ1) is 37.5. The van der Waals surface area contributed by atoms with Crippen LogP contribution >= 0.6 is 56.7 Å². The molecule has 46 heavy (non-hydrogen) atoms. The zero-order chi connectivity index (χ0) is 31.2. The molecule has 0 bridgehead atoms. The third-order valence-electron chi connectivity index (χ3n) is 9.15. The normalized spacial score (nSPS) is 13.8. The number of hydrogen-bond donors (Lipinski definition) is 0. The Kier molecular flexibility index (Phi) is 12.3. The van der Waals surface area contributed by atoms with Gasteiger partial charge in [-0.2, -0.15) is 0 Å². The van der Waals surface area contributed by atoms with Gasteiger partial charge in [0.05, 0.1) is 0 Å². The number of hydrogen-bond acceptors (Lipinski definition) is 0. The van der Waals surface area contributed by atoms with Crippen molar-refractivity contribution in [3.05, 3.63) is 149 Å². The van der Waals surface area contributed by atoms with Gasteiger partial charge in [0, 0.05) is 0 Å². The second-order valence-corrected chi connectivity index (χ2v) is 23.1. The van der Waals surface area contributed by atoms with E-state index in [1.807, 2.05) is 0 Å². The molecule has 0 saturated heterocycles. The van der Waals surface area contributed by atoms with Crippen molar-refractivity contribution < 1.29 is 21.3 Å². The first-order chi connectivity index (χ1) is 20.9. The average molecular weight is 859 g/mol. The third-order valence-corrected chi connectivity index (χ3v) is 18.4. The summed E-state index contributed by atoms with van der Waals surface area (Å²) in [6.07, 6.45) is 10.3. The minimum atomic E-state index is -2.57. The van der Waals surface area contributed by atoms with Gasteiger partial charge in [-0.05, 0) is 0 Å². The van der Waals surface area contributed by atoms with E-state index >= 15 is 0 Å². The summed E-state index contributed by atoms with van der Waals surface area (Å²) < 4.78 is 6.26. The van der Waals surface area contributed by atoms with E-state index < -0.39 is 21.3 Å². The molecule has 0 aliphatic heterocycles. The monoisotopic (exact) mass is 854 g/mol. The number of fused-ring (bicyclic) bond motifs is 3. The molecule has 0 atom stereocenters. The fourth-order valence-corrected chi connectivity index (χ4v) is 16.9. The van der Waals surface area contributed by atoms with Crippen molar-refractivity contribution in [1.29, 1.82) is 0 Å². The summed E-state index contributed by atoms with van der Waals surface area (Å²) in [5, 5.41) is 0. The van der Waals surface area contributed by atoms with Crippen molar-refractivity contribution in [1.82, 2.24) is 0 Å². The van der Waals surface area contributed by atoms with Gasteiger partial charge in [-0.3, -0.25) is 0 Å². The van der Waals surface area contributed by atoms with Crippen molar-refractivity contribution in [2.45, 2.75) is 75.3 Å². The summed E-state index contributed by atoms with van der Waals surface area (Å²) >= 11 is 4.96. The summed E-state index contributed by atoms with van der Waals surface area (Å²) in [6.45, 7) is 14.0. The summed E-state index contributed by atoms with van der Waals surface area (Å²) in [5.74, 6) is 0. The SMILES string of the molecule is CC(C)(C)c1ccc2c(c1)-c1cc(C(C)(C)C)ccc1[CH]2[Zr]([C]1=CC=CC1)=[C](Cc1cccc(Br)c1)Cc1cccc(Br)c1.Cl.Cl. The van der Waals surface area contributed by atoms with Crippen LogP contribution in [-0.4, -0.2) is 3.21 Å². The minimum absolute atomic E-state index is 0. The molecule has 0 saturated carbocycles. The van der Waals surface area contributed by atoms with Crippen LogP contribution in [-0.2, 0) is 44.9 Å². The Morgan fingerprint density at radius 1 is 0.674 bits per heavy atom. The van der Waals surface area contributed by atoms with Crippen LogP contribution in [0.15, 0.2) is 115 Å². The zero-order valence-corrected chi connectivity index (χ0v) is 34.8. The molecule has 4 aromatic rings. The number of rotatable bonds is 6. The van der Waals surface area contributed by atoms with E-state index in [4.69, 9.17) is 0 Å². The number of benzene rings is 4. The molecule has 0 fully saturated rings. The van der Waals surface area contributed by atoms with Crippen molar-refractivity contribution in [3.8, 4) is 11.1 Å². The summed E-state index contributed by atoms with van der Waals surface area (Å²) in [5.41, 5.74) is 11.9. The molecule has 0 radical (unpaired) electrons. The van der Waals surface area contributed by atoms with Gasteiger partial charge < -0.3 is 0 Å². The van der Waals surface area contributed by atoms with Gasteiger partial charge in [-0.1, -0.05) is 0 Å². The molecule has 2 aliphatic rings. The Hall–Kier alpha value is -1.35. The molecule has 2 aliphatic carbocycles. The van der Waals surface area contributed by atoms with Crippen LogP contribution in [0.1, 0.15) is 85.0 Å². The van der Waals surface area contributed by atoms with Gasteiger partial charge in [0.1, 0.15) is 0 Å². The Labute approximate surface area is 313 Å². The van der Waals surface area contributed by atoms with Crippen molar-refractivity contribution in [3.63, 3.8) is 0 Å². The topological polar surface area (TPSA) is 0 Å². The molecule has 0 aromatic heterocycles. The molecule has 240 valence electrons. The Bertz CT molecular complexity index is 1720. The first-order valence-corrected chi connectivity index (χ1v) is 21.2. The predicted molar refractivity (Wildman–Crippen MR) is 208 cm³/mol. The van der Waals surface area contributed by atoms with Crippen LogP contribution in [0.3, 0.4) is 0 Å². The third kappa shape index (κ3) is 8.09. The maximum absolute atomic E-state index is 3.77. The molecule has 0 amide bonds. The van der Waals surface area contributed by atoms with Crippen LogP contribution in [0.4, 0.5) is 0 Å². The van der Waals surface area contributed by atoms with E-state index in [0.29, 0.717) is 3.63 Å². The quantitative estimate of drug-likeness (QED) is 0.181. The van der Waals surface area contributed by atoms with Gasteiger partial charge in [0.15, 0.2) is 0 Å². The maximum atomic E-state index is 3.77. The van der Waals surface area contributed by atoms with E-state index in [2.05, 4.69) is 177 Å². The van der Waals surface area contributed by atoms with Crippen LogP contribution in [0.2, 0.25) is 0 Å². The molecular formula is C41H44Br2Cl2Zr. The number of halogens is 4. The molecule has 0 nitrogen and oxygen atoms in total. The van der Waals surface area contributed by atoms with Crippen LogP contribution in [0, 0.1) is 0 Å². The molecule has 0 spiro atoms. The standard InChI is InChI=1S/C21H25.C15H12Br2.C5H5.2ClH.Zr/c1-20(2,3)16-9-7-14-11-15-8-10-17(21(4,5)6)13-19(15)18(14)12-16;16-14-8-2-6-12(10-14)4-1-5-13-7-3-9-15(17)11-13;1-2-4-5-3-1;;;/h7-13H,1-6H3;2-3,6-11H,4-5H2;1-3H,4H2;2*1H;. The summed E-state index contributed by atoms with van der Waals surface area (Å²) in [4.78, 5) is 0. The zero-order valence-electron chi connectivity index (χ0n) is 27.6. The van der Waals surface area contributed by atoms with Crippen molar-refractivity contribution in [2.75, 3.05) is 0 Å². The van der Waals surface area contributed by atoms with E-state index in [0.717, 1.165) is 28.2 Å². The van der Waals surface area contributed by atoms with E-state index in [9.17, 15) is 0 Å². The summed E-state index contributed by atoms with van der Waals surface area (Å²) in [6, 6.07) is 32.9. The molecule has 0 N–H and O–H groups in total. The average Bonchev–Trinajstić information content (AvgIpc) is 3.59. The Morgan fingerprint density at radius 2 is 1.15 bits per heavy atom. The van der Waals surface area contributed by atoms with E-state index in [1.54, 1.807) is 17.6 Å². The minimum Gasteiger partial charge on any atom is -0.147 e. The van der Waals surface area contributed by atoms with E-state index in [1.165, 1.54) is 33.4 Å². The van der Waals surface area contributed by atoms with Crippen molar-refractivity contribution >= 4 is 59.9 Å². The van der Waals surface area contributed by atoms with Crippen molar-refractivity contribution in [2.24, 2.45) is 0 Å². The second kappa shape index (κ2) is 15.0. The van der Waals surface area contributed by atoms with Crippen LogP contribution in [0.5, 0.6) is 0 Å². The fraction of sp³-hybridized carbons (Fsp3) is 0.293. The Balaban J connectivity index is 0.00000240. The molecular weight excluding hydrogens is 814 g/mol. The van der Waals surface area contributed by atoms with Gasteiger partial charge in [0.25, 0.3) is 0 Å². The Morgan fingerprint density at radius 3 is 1.54 bits per heavy atom. The first-order valence-electron chi connectivity index (χ1n) is 15.7. The molecule has 0 unspecified atom stereocenters.